The Hall–Kier alpha value is -3.29. The normalized spacial score (nSPS) is 14.6. The Morgan fingerprint density at radius 3 is 1.25 bits per heavy atom. The molecule has 2 aliphatic rings. The Morgan fingerprint density at radius 1 is 0.515 bits per heavy atom. The summed E-state index contributed by atoms with van der Waals surface area (Å²) in [5.41, 5.74) is 25.6. The summed E-state index contributed by atoms with van der Waals surface area (Å²) in [6.07, 6.45) is 6.35. The first-order valence-electron chi connectivity index (χ1n) is 24.1. The largest absolute Gasteiger partial charge is 1.00 e. The molecule has 6 aromatic carbocycles. The molecule has 8 rings (SSSR count). The molecule has 1 unspecified atom stereocenters. The van der Waals surface area contributed by atoms with Gasteiger partial charge in [-0.3, -0.25) is 0 Å². The van der Waals surface area contributed by atoms with Gasteiger partial charge in [0, 0.05) is 0 Å². The van der Waals surface area contributed by atoms with Gasteiger partial charge >= 0.3 is 419 Å². The van der Waals surface area contributed by atoms with E-state index in [1.54, 1.807) is 3.28 Å². The van der Waals surface area contributed by atoms with Crippen LogP contribution in [0.5, 0.6) is 0 Å². The average Bonchev–Trinajstić information content (AvgIpc) is 3.77. The van der Waals surface area contributed by atoms with Crippen molar-refractivity contribution in [2.75, 3.05) is 0 Å². The molecule has 0 radical (unpaired) electrons. The Morgan fingerprint density at radius 2 is 0.912 bits per heavy atom. The molecule has 0 N–H and O–H groups in total. The number of aryl methyl sites for hydroxylation is 6. The van der Waals surface area contributed by atoms with Gasteiger partial charge in [0.2, 0.25) is 0 Å². The average molecular weight is 1060 g/mol. The molecule has 0 aliphatic heterocycles. The van der Waals surface area contributed by atoms with Crippen LogP contribution in [-0.2, 0) is 32.1 Å². The number of rotatable bonds is 7. The third kappa shape index (κ3) is 10.2. The van der Waals surface area contributed by atoms with E-state index in [0.717, 1.165) is 16.5 Å². The minimum atomic E-state index is -3.38. The minimum absolute atomic E-state index is 0. The van der Waals surface area contributed by atoms with Crippen LogP contribution in [0.4, 0.5) is 0 Å². The summed E-state index contributed by atoms with van der Waals surface area (Å²) in [6.45, 7) is 37.7. The molecule has 0 saturated heterocycles. The van der Waals surface area contributed by atoms with Crippen molar-refractivity contribution in [2.24, 2.45) is 11.3 Å². The molecule has 0 heterocycles. The van der Waals surface area contributed by atoms with Crippen molar-refractivity contribution in [1.29, 1.82) is 0 Å². The molecule has 0 spiro atoms. The number of halogens is 4. The molecule has 0 bridgehead atoms. The predicted molar refractivity (Wildman–Crippen MR) is 286 cm³/mol. The van der Waals surface area contributed by atoms with Gasteiger partial charge in [-0.2, -0.15) is 0 Å². The third-order valence-electron chi connectivity index (χ3n) is 14.3. The monoisotopic (exact) mass is 1060 g/mol. The second-order valence-electron chi connectivity index (χ2n) is 22.7. The van der Waals surface area contributed by atoms with E-state index in [2.05, 4.69) is 208 Å². The summed E-state index contributed by atoms with van der Waals surface area (Å²) in [6, 6.07) is 37.6. The predicted octanol–water partition coefficient (Wildman–Crippen LogP) is 12.6. The summed E-state index contributed by atoms with van der Waals surface area (Å²) < 4.78 is 3.25. The van der Waals surface area contributed by atoms with Crippen molar-refractivity contribution < 1.29 is 46.1 Å². The molecule has 0 aromatic heterocycles. The van der Waals surface area contributed by atoms with Gasteiger partial charge in [-0.1, -0.05) is 0 Å². The van der Waals surface area contributed by atoms with Crippen molar-refractivity contribution in [3.05, 3.63) is 195 Å². The van der Waals surface area contributed by atoms with Crippen LogP contribution in [0.1, 0.15) is 146 Å². The van der Waals surface area contributed by atoms with E-state index >= 15 is 0 Å². The van der Waals surface area contributed by atoms with Gasteiger partial charge in [0.05, 0.1) is 0 Å². The molecule has 0 saturated carbocycles. The van der Waals surface area contributed by atoms with E-state index in [0.29, 0.717) is 5.92 Å². The van der Waals surface area contributed by atoms with Crippen molar-refractivity contribution in [3.63, 3.8) is 0 Å². The van der Waals surface area contributed by atoms with Crippen molar-refractivity contribution in [2.45, 2.75) is 132 Å². The van der Waals surface area contributed by atoms with Crippen molar-refractivity contribution in [3.8, 4) is 33.4 Å². The Labute approximate surface area is 440 Å². The SMILES string of the molecule is CCC1C=C(C(C)(C)C)C=[C]1[Zr+2](=[C](c1cccc(Cl)c1)c1cccc(Cl)c1)[CH]1c2cc(-c3c(C)cc(C)cc3C)c(C(C)(C)C)cc2-c2cc(C(C)(C)C)c(-c3c(C)cc(C)cc3C)cc21.[Cl-].[Cl-]. The fraction of sp³-hybridized carbons (Fsp3) is 0.349. The van der Waals surface area contributed by atoms with E-state index in [-0.39, 0.29) is 44.7 Å². The molecule has 354 valence electrons. The molecular weight excluding hydrogens is 990 g/mol. The van der Waals surface area contributed by atoms with Crippen LogP contribution in [0.3, 0.4) is 0 Å². The van der Waals surface area contributed by atoms with Crippen LogP contribution < -0.4 is 24.8 Å². The van der Waals surface area contributed by atoms with Gasteiger partial charge in [0.25, 0.3) is 0 Å². The molecule has 6 aromatic rings. The van der Waals surface area contributed by atoms with Gasteiger partial charge in [0.15, 0.2) is 0 Å². The second-order valence-corrected chi connectivity index (χ2v) is 29.7. The van der Waals surface area contributed by atoms with Crippen LogP contribution >= 0.6 is 23.2 Å². The van der Waals surface area contributed by atoms with E-state index < -0.39 is 21.3 Å². The van der Waals surface area contributed by atoms with E-state index in [1.165, 1.54) is 109 Å². The Bertz CT molecular complexity index is 2830. The summed E-state index contributed by atoms with van der Waals surface area (Å²) in [4.78, 5) is 0. The maximum Gasteiger partial charge on any atom is -1.00 e. The summed E-state index contributed by atoms with van der Waals surface area (Å²) in [5.74, 6) is 0.333. The first-order valence-corrected chi connectivity index (χ1v) is 28.7. The number of allylic oxidation sites excluding steroid dienone is 4. The molecule has 5 heteroatoms. The Kier molecular flexibility index (Phi) is 16.0. The van der Waals surface area contributed by atoms with Crippen LogP contribution in [-0.4, -0.2) is 3.21 Å². The maximum absolute atomic E-state index is 7.07. The molecule has 0 nitrogen and oxygen atoms in total. The second kappa shape index (κ2) is 20.1. The van der Waals surface area contributed by atoms with E-state index in [9.17, 15) is 0 Å². The number of benzene rings is 6. The molecule has 0 amide bonds. The minimum Gasteiger partial charge on any atom is -1.00 e. The first-order chi connectivity index (χ1) is 30.9. The molecule has 1 atom stereocenters. The first kappa shape index (κ1) is 54.1. The van der Waals surface area contributed by atoms with Gasteiger partial charge in [0.1, 0.15) is 0 Å². The summed E-state index contributed by atoms with van der Waals surface area (Å²) in [5, 5.41) is 1.51. The summed E-state index contributed by atoms with van der Waals surface area (Å²) >= 11 is 10.8. The van der Waals surface area contributed by atoms with Crippen LogP contribution in [0.2, 0.25) is 10.0 Å². The van der Waals surface area contributed by atoms with Crippen molar-refractivity contribution >= 4 is 26.4 Å². The van der Waals surface area contributed by atoms with Gasteiger partial charge in [-0.15, -0.1) is 0 Å². The number of fused-ring (bicyclic) bond motifs is 3. The standard InChI is InChI=1S/C39H45.C13H8Cl2.C11H17.2ClH.Zr/c1-22-13-24(3)36(25(4)14-22)32-18-28-17-29-19-33(37-26(5)15-23(2)16-27(37)6)35(39(10,11)12)21-31(29)30(28)20-34(32)38(7,8)9;14-12-5-1-3-10(8-12)7-11-4-2-6-13(15)9-11;1-5-9-6-7-10(8-9)11(2,3)4;;;/h13-21H,1-12H3;1-6,8-9H;7-9H,5H2,1-4H3;2*1H;/q;;;;;+2/p-2. The fourth-order valence-electron chi connectivity index (χ4n) is 11.5. The molecular formula is C63H70Cl4Zr. The topological polar surface area (TPSA) is 0 Å². The Balaban J connectivity index is 0.00000381. The fourth-order valence-corrected chi connectivity index (χ4v) is 21.5. The van der Waals surface area contributed by atoms with Crippen LogP contribution in [0.25, 0.3) is 33.4 Å². The van der Waals surface area contributed by atoms with E-state index in [1.807, 2.05) is 12.1 Å². The quantitative estimate of drug-likeness (QED) is 0.149. The number of hydrogen-bond acceptors (Lipinski definition) is 0. The summed E-state index contributed by atoms with van der Waals surface area (Å²) in [7, 11) is 0. The zero-order valence-electron chi connectivity index (χ0n) is 43.3. The third-order valence-corrected chi connectivity index (χ3v) is 23.2. The molecule has 2 aliphatic carbocycles. The zero-order chi connectivity index (χ0) is 47.9. The molecule has 68 heavy (non-hydrogen) atoms. The van der Waals surface area contributed by atoms with Gasteiger partial charge in [-0.05, 0) is 0 Å². The van der Waals surface area contributed by atoms with E-state index in [4.69, 9.17) is 23.2 Å². The van der Waals surface area contributed by atoms with Crippen molar-refractivity contribution in [1.82, 2.24) is 0 Å². The van der Waals surface area contributed by atoms with Crippen LogP contribution in [0, 0.1) is 52.9 Å². The maximum atomic E-state index is 7.07. The smallest absolute Gasteiger partial charge is 1.00 e. The van der Waals surface area contributed by atoms with Gasteiger partial charge in [-0.25, -0.2) is 0 Å². The van der Waals surface area contributed by atoms with Crippen LogP contribution in [0.15, 0.2) is 118 Å². The molecule has 0 fully saturated rings. The zero-order valence-corrected chi connectivity index (χ0v) is 48.7. The number of hydrogen-bond donors (Lipinski definition) is 0. The van der Waals surface area contributed by atoms with Gasteiger partial charge < -0.3 is 24.8 Å².